The van der Waals surface area contributed by atoms with Crippen molar-refractivity contribution in [2.45, 2.75) is 26.2 Å². The first-order valence-electron chi connectivity index (χ1n) is 8.69. The van der Waals surface area contributed by atoms with Crippen molar-refractivity contribution >= 4 is 17.2 Å². The van der Waals surface area contributed by atoms with Crippen LogP contribution in [-0.2, 0) is 24.1 Å². The fraction of sp³-hybridized carbons (Fsp3) is 0.238. The van der Waals surface area contributed by atoms with Gasteiger partial charge in [-0.05, 0) is 36.1 Å². The Morgan fingerprint density at radius 3 is 2.69 bits per heavy atom. The molecule has 3 nitrogen and oxygen atoms in total. The van der Waals surface area contributed by atoms with Crippen LogP contribution in [0, 0.1) is 5.82 Å². The van der Waals surface area contributed by atoms with E-state index in [1.54, 1.807) is 17.4 Å². The number of nitrogens with one attached hydrogen (secondary N) is 1. The van der Waals surface area contributed by atoms with Crippen LogP contribution >= 0.6 is 11.3 Å². The molecule has 0 saturated heterocycles. The molecule has 0 bridgehead atoms. The second-order valence-electron chi connectivity index (χ2n) is 6.10. The number of rotatable bonds is 7. The van der Waals surface area contributed by atoms with Crippen LogP contribution in [-0.4, -0.2) is 17.4 Å². The summed E-state index contributed by atoms with van der Waals surface area (Å²) in [5, 5.41) is 5.72. The molecule has 2 aromatic carbocycles. The van der Waals surface area contributed by atoms with Gasteiger partial charge >= 0.3 is 0 Å². The molecule has 0 atom stereocenters. The van der Waals surface area contributed by atoms with Crippen LogP contribution in [0.25, 0.3) is 10.6 Å². The fourth-order valence-corrected chi connectivity index (χ4v) is 3.50. The van der Waals surface area contributed by atoms with Crippen molar-refractivity contribution in [1.82, 2.24) is 10.3 Å². The summed E-state index contributed by atoms with van der Waals surface area (Å²) in [6.45, 7) is 2.61. The summed E-state index contributed by atoms with van der Waals surface area (Å²) in [6.07, 6.45) is 1.88. The van der Waals surface area contributed by atoms with E-state index in [1.165, 1.54) is 17.7 Å². The van der Waals surface area contributed by atoms with E-state index in [2.05, 4.69) is 41.5 Å². The maximum Gasteiger partial charge on any atom is 0.226 e. The van der Waals surface area contributed by atoms with Crippen molar-refractivity contribution in [1.29, 1.82) is 0 Å². The molecule has 26 heavy (non-hydrogen) atoms. The SMILES string of the molecule is CCc1ccc(-c2nc(CC(=O)NCCc3cccc(F)c3)cs2)cc1. The highest BCUT2D eigenvalue weighted by Gasteiger charge is 2.09. The first kappa shape index (κ1) is 18.3. The smallest absolute Gasteiger partial charge is 0.226 e. The summed E-state index contributed by atoms with van der Waals surface area (Å²) >= 11 is 1.55. The van der Waals surface area contributed by atoms with Crippen molar-refractivity contribution in [3.63, 3.8) is 0 Å². The molecule has 5 heteroatoms. The Balaban J connectivity index is 1.50. The third-order valence-corrected chi connectivity index (χ3v) is 5.07. The van der Waals surface area contributed by atoms with Gasteiger partial charge in [0.05, 0.1) is 12.1 Å². The summed E-state index contributed by atoms with van der Waals surface area (Å²) in [7, 11) is 0. The van der Waals surface area contributed by atoms with Crippen molar-refractivity contribution in [2.24, 2.45) is 0 Å². The van der Waals surface area contributed by atoms with Crippen LogP contribution in [0.15, 0.2) is 53.9 Å². The largest absolute Gasteiger partial charge is 0.355 e. The topological polar surface area (TPSA) is 42.0 Å². The van der Waals surface area contributed by atoms with Crippen LogP contribution in [0.2, 0.25) is 0 Å². The van der Waals surface area contributed by atoms with Gasteiger partial charge in [0.15, 0.2) is 0 Å². The second-order valence-corrected chi connectivity index (χ2v) is 6.96. The van der Waals surface area contributed by atoms with Crippen LogP contribution in [0.4, 0.5) is 4.39 Å². The van der Waals surface area contributed by atoms with Crippen molar-refractivity contribution in [3.8, 4) is 10.6 Å². The maximum atomic E-state index is 13.1. The van der Waals surface area contributed by atoms with Crippen LogP contribution in [0.1, 0.15) is 23.7 Å². The lowest BCUT2D eigenvalue weighted by Crippen LogP contribution is -2.27. The summed E-state index contributed by atoms with van der Waals surface area (Å²) in [5.41, 5.74) is 4.01. The zero-order chi connectivity index (χ0) is 18.4. The van der Waals surface area contributed by atoms with Crippen LogP contribution < -0.4 is 5.32 Å². The predicted molar refractivity (Wildman–Crippen MR) is 104 cm³/mol. The van der Waals surface area contributed by atoms with Gasteiger partial charge in [0.25, 0.3) is 0 Å². The van der Waals surface area contributed by atoms with Gasteiger partial charge < -0.3 is 5.32 Å². The molecule has 0 fully saturated rings. The molecule has 0 spiro atoms. The van der Waals surface area contributed by atoms with E-state index in [1.807, 2.05) is 11.4 Å². The van der Waals surface area contributed by atoms with Crippen molar-refractivity contribution in [2.75, 3.05) is 6.54 Å². The van der Waals surface area contributed by atoms with Crippen LogP contribution in [0.5, 0.6) is 0 Å². The predicted octanol–water partition coefficient (Wildman–Crippen LogP) is 4.41. The molecule has 0 aliphatic heterocycles. The molecule has 1 aromatic heterocycles. The summed E-state index contributed by atoms with van der Waals surface area (Å²) in [4.78, 5) is 16.6. The van der Waals surface area contributed by atoms with Crippen molar-refractivity contribution < 1.29 is 9.18 Å². The molecule has 0 radical (unpaired) electrons. The second kappa shape index (κ2) is 8.72. The standard InChI is InChI=1S/C21H21FN2OS/c1-2-15-6-8-17(9-7-15)21-24-19(14-26-21)13-20(25)23-11-10-16-4-3-5-18(22)12-16/h3-9,12,14H,2,10-11,13H2,1H3,(H,23,25). The van der Waals surface area contributed by atoms with Gasteiger partial charge in [-0.1, -0.05) is 43.3 Å². The summed E-state index contributed by atoms with van der Waals surface area (Å²) in [6, 6.07) is 14.8. The molecular formula is C21H21FN2OS. The average molecular weight is 368 g/mol. The number of halogens is 1. The molecule has 0 unspecified atom stereocenters. The van der Waals surface area contributed by atoms with Crippen LogP contribution in [0.3, 0.4) is 0 Å². The molecule has 134 valence electrons. The first-order chi connectivity index (χ1) is 12.6. The minimum Gasteiger partial charge on any atom is -0.355 e. The number of aryl methyl sites for hydroxylation is 1. The lowest BCUT2D eigenvalue weighted by Gasteiger charge is -2.04. The highest BCUT2D eigenvalue weighted by Crippen LogP contribution is 2.24. The zero-order valence-corrected chi connectivity index (χ0v) is 15.5. The number of thiazole rings is 1. The molecule has 1 N–H and O–H groups in total. The van der Waals surface area contributed by atoms with E-state index >= 15 is 0 Å². The van der Waals surface area contributed by atoms with Gasteiger partial charge in [-0.25, -0.2) is 9.37 Å². The number of nitrogens with zero attached hydrogens (tertiary/aromatic N) is 1. The molecule has 3 rings (SSSR count). The molecule has 0 aliphatic rings. The van der Waals surface area contributed by atoms with Gasteiger partial charge in [0.1, 0.15) is 10.8 Å². The van der Waals surface area contributed by atoms with E-state index in [-0.39, 0.29) is 18.1 Å². The van der Waals surface area contributed by atoms with Gasteiger partial charge in [0, 0.05) is 17.5 Å². The number of carbonyl (C=O) groups is 1. The minimum atomic E-state index is -0.254. The molecule has 3 aromatic rings. The molecule has 1 heterocycles. The van der Waals surface area contributed by atoms with E-state index < -0.39 is 0 Å². The van der Waals surface area contributed by atoms with E-state index in [0.717, 1.165) is 28.2 Å². The van der Waals surface area contributed by atoms with Gasteiger partial charge in [-0.2, -0.15) is 0 Å². The highest BCUT2D eigenvalue weighted by atomic mass is 32.1. The number of hydrogen-bond acceptors (Lipinski definition) is 3. The average Bonchev–Trinajstić information content (AvgIpc) is 3.10. The minimum absolute atomic E-state index is 0.0698. The Hall–Kier alpha value is -2.53. The normalized spacial score (nSPS) is 10.7. The zero-order valence-electron chi connectivity index (χ0n) is 14.7. The Kier molecular flexibility index (Phi) is 6.12. The molecule has 0 saturated carbocycles. The highest BCUT2D eigenvalue weighted by molar-refractivity contribution is 7.13. The molecule has 1 amide bonds. The van der Waals surface area contributed by atoms with Gasteiger partial charge in [0.2, 0.25) is 5.91 Å². The third kappa shape index (κ3) is 4.99. The van der Waals surface area contributed by atoms with Crippen molar-refractivity contribution in [3.05, 3.63) is 76.5 Å². The molecule has 0 aliphatic carbocycles. The lowest BCUT2D eigenvalue weighted by atomic mass is 10.1. The molecular weight excluding hydrogens is 347 g/mol. The van der Waals surface area contributed by atoms with E-state index in [4.69, 9.17) is 0 Å². The van der Waals surface area contributed by atoms with Gasteiger partial charge in [-0.15, -0.1) is 11.3 Å². The third-order valence-electron chi connectivity index (χ3n) is 4.13. The Bertz CT molecular complexity index is 874. The maximum absolute atomic E-state index is 13.1. The first-order valence-corrected chi connectivity index (χ1v) is 9.57. The summed E-state index contributed by atoms with van der Waals surface area (Å²) in [5.74, 6) is -0.324. The Morgan fingerprint density at radius 1 is 1.15 bits per heavy atom. The number of hydrogen-bond donors (Lipinski definition) is 1. The van der Waals surface area contributed by atoms with E-state index in [0.29, 0.717) is 13.0 Å². The number of carbonyl (C=O) groups excluding carboxylic acids is 1. The lowest BCUT2D eigenvalue weighted by molar-refractivity contribution is -0.120. The number of benzene rings is 2. The Morgan fingerprint density at radius 2 is 1.96 bits per heavy atom. The Labute approximate surface area is 156 Å². The van der Waals surface area contributed by atoms with Gasteiger partial charge in [-0.3, -0.25) is 4.79 Å². The summed E-state index contributed by atoms with van der Waals surface area (Å²) < 4.78 is 13.1. The number of aromatic nitrogens is 1. The monoisotopic (exact) mass is 368 g/mol. The fourth-order valence-electron chi connectivity index (χ4n) is 2.67. The quantitative estimate of drug-likeness (QED) is 0.671. The number of amides is 1. The van der Waals surface area contributed by atoms with E-state index in [9.17, 15) is 9.18 Å².